The molecule has 6 heteroatoms. The fourth-order valence-corrected chi connectivity index (χ4v) is 2.33. The van der Waals surface area contributed by atoms with Crippen LogP contribution >= 0.6 is 35.4 Å². The SMILES string of the molecule is CC(=O)c1cccc(NC(=S)NCc2ccc(Cl)c(Cl)c2)c1. The normalized spacial score (nSPS) is 10.1. The average Bonchev–Trinajstić information content (AvgIpc) is 2.49. The molecule has 0 aliphatic heterocycles. The molecular weight excluding hydrogens is 339 g/mol. The maximum Gasteiger partial charge on any atom is 0.171 e. The summed E-state index contributed by atoms with van der Waals surface area (Å²) in [4.78, 5) is 11.4. The molecule has 0 spiro atoms. The summed E-state index contributed by atoms with van der Waals surface area (Å²) in [6.45, 7) is 2.05. The van der Waals surface area contributed by atoms with Crippen LogP contribution in [0.2, 0.25) is 10.0 Å². The number of rotatable bonds is 4. The van der Waals surface area contributed by atoms with E-state index in [4.69, 9.17) is 35.4 Å². The van der Waals surface area contributed by atoms with E-state index in [0.717, 1.165) is 11.3 Å². The first-order chi connectivity index (χ1) is 10.5. The summed E-state index contributed by atoms with van der Waals surface area (Å²) in [6, 6.07) is 12.6. The van der Waals surface area contributed by atoms with E-state index in [1.807, 2.05) is 12.1 Å². The van der Waals surface area contributed by atoms with Gasteiger partial charge in [-0.2, -0.15) is 0 Å². The Morgan fingerprint density at radius 1 is 1.14 bits per heavy atom. The van der Waals surface area contributed by atoms with Gasteiger partial charge in [-0.15, -0.1) is 0 Å². The van der Waals surface area contributed by atoms with Crippen LogP contribution in [0, 0.1) is 0 Å². The summed E-state index contributed by atoms with van der Waals surface area (Å²) < 4.78 is 0. The first kappa shape index (κ1) is 16.7. The number of ketones is 1. The van der Waals surface area contributed by atoms with Crippen molar-refractivity contribution < 1.29 is 4.79 Å². The highest BCUT2D eigenvalue weighted by Gasteiger charge is 2.03. The van der Waals surface area contributed by atoms with Crippen LogP contribution in [0.25, 0.3) is 0 Å². The minimum Gasteiger partial charge on any atom is -0.358 e. The molecule has 0 fully saturated rings. The summed E-state index contributed by atoms with van der Waals surface area (Å²) in [6.07, 6.45) is 0. The Kier molecular flexibility index (Phi) is 5.77. The van der Waals surface area contributed by atoms with E-state index in [0.29, 0.717) is 27.3 Å². The highest BCUT2D eigenvalue weighted by molar-refractivity contribution is 7.80. The minimum absolute atomic E-state index is 0.0123. The zero-order chi connectivity index (χ0) is 16.1. The quantitative estimate of drug-likeness (QED) is 0.618. The van der Waals surface area contributed by atoms with Gasteiger partial charge in [0.25, 0.3) is 0 Å². The molecule has 0 aromatic heterocycles. The predicted octanol–water partition coefficient (Wildman–Crippen LogP) is 4.68. The number of nitrogens with one attached hydrogen (secondary N) is 2. The average molecular weight is 353 g/mol. The first-order valence-corrected chi connectivity index (χ1v) is 7.72. The zero-order valence-electron chi connectivity index (χ0n) is 11.8. The largest absolute Gasteiger partial charge is 0.358 e. The van der Waals surface area contributed by atoms with Crippen LogP contribution in [0.5, 0.6) is 0 Å². The lowest BCUT2D eigenvalue weighted by atomic mass is 10.1. The Labute approximate surface area is 144 Å². The van der Waals surface area contributed by atoms with Gasteiger partial charge in [-0.25, -0.2) is 0 Å². The van der Waals surface area contributed by atoms with Gasteiger partial charge in [0.2, 0.25) is 0 Å². The number of benzene rings is 2. The summed E-state index contributed by atoms with van der Waals surface area (Å²) >= 11 is 17.1. The van der Waals surface area contributed by atoms with Crippen molar-refractivity contribution in [3.05, 3.63) is 63.6 Å². The topological polar surface area (TPSA) is 41.1 Å². The Bertz CT molecular complexity index is 719. The number of halogens is 2. The molecule has 0 aliphatic carbocycles. The molecule has 2 aromatic rings. The Hall–Kier alpha value is -1.62. The number of anilines is 1. The minimum atomic E-state index is 0.0123. The van der Waals surface area contributed by atoms with E-state index in [2.05, 4.69) is 10.6 Å². The van der Waals surface area contributed by atoms with Crippen LogP contribution in [0.3, 0.4) is 0 Å². The number of Topliss-reactive ketones (excluding diaryl/α,β-unsaturated/α-hetero) is 1. The smallest absolute Gasteiger partial charge is 0.171 e. The van der Waals surface area contributed by atoms with Crippen LogP contribution < -0.4 is 10.6 Å². The van der Waals surface area contributed by atoms with Gasteiger partial charge in [-0.3, -0.25) is 4.79 Å². The van der Waals surface area contributed by atoms with E-state index in [1.165, 1.54) is 6.92 Å². The molecule has 22 heavy (non-hydrogen) atoms. The number of hydrogen-bond donors (Lipinski definition) is 2. The molecule has 0 radical (unpaired) electrons. The van der Waals surface area contributed by atoms with Gasteiger partial charge >= 0.3 is 0 Å². The molecular formula is C16H14Cl2N2OS. The van der Waals surface area contributed by atoms with Crippen LogP contribution in [-0.2, 0) is 6.54 Å². The second-order valence-corrected chi connectivity index (χ2v) is 5.92. The van der Waals surface area contributed by atoms with E-state index in [-0.39, 0.29) is 5.78 Å². The van der Waals surface area contributed by atoms with Crippen molar-refractivity contribution >= 4 is 52.0 Å². The van der Waals surface area contributed by atoms with Crippen LogP contribution in [0.4, 0.5) is 5.69 Å². The van der Waals surface area contributed by atoms with Gasteiger partial charge in [-0.05, 0) is 49.0 Å². The number of hydrogen-bond acceptors (Lipinski definition) is 2. The van der Waals surface area contributed by atoms with E-state index >= 15 is 0 Å². The van der Waals surface area contributed by atoms with Crippen molar-refractivity contribution in [2.24, 2.45) is 0 Å². The molecule has 2 N–H and O–H groups in total. The Morgan fingerprint density at radius 2 is 1.91 bits per heavy atom. The molecule has 0 bridgehead atoms. The fourth-order valence-electron chi connectivity index (χ4n) is 1.82. The van der Waals surface area contributed by atoms with Gasteiger partial charge in [0.05, 0.1) is 10.0 Å². The highest BCUT2D eigenvalue weighted by atomic mass is 35.5. The van der Waals surface area contributed by atoms with Crippen LogP contribution in [-0.4, -0.2) is 10.9 Å². The van der Waals surface area contributed by atoms with Crippen molar-refractivity contribution in [3.8, 4) is 0 Å². The molecule has 0 heterocycles. The number of carbonyl (C=O) groups is 1. The van der Waals surface area contributed by atoms with Gasteiger partial charge in [-0.1, -0.05) is 41.4 Å². The molecule has 114 valence electrons. The summed E-state index contributed by atoms with van der Waals surface area (Å²) in [7, 11) is 0. The number of thiocarbonyl (C=S) groups is 1. The first-order valence-electron chi connectivity index (χ1n) is 6.55. The molecule has 2 rings (SSSR count). The van der Waals surface area contributed by atoms with Crippen molar-refractivity contribution in [2.45, 2.75) is 13.5 Å². The molecule has 0 atom stereocenters. The Morgan fingerprint density at radius 3 is 2.59 bits per heavy atom. The molecule has 0 amide bonds. The van der Waals surface area contributed by atoms with Crippen molar-refractivity contribution in [1.82, 2.24) is 5.32 Å². The lowest BCUT2D eigenvalue weighted by molar-refractivity contribution is 0.101. The third kappa shape index (κ3) is 4.70. The molecule has 0 saturated heterocycles. The summed E-state index contributed by atoms with van der Waals surface area (Å²) in [5.41, 5.74) is 2.37. The van der Waals surface area contributed by atoms with Crippen LogP contribution in [0.15, 0.2) is 42.5 Å². The maximum absolute atomic E-state index is 11.4. The van der Waals surface area contributed by atoms with Crippen molar-refractivity contribution in [3.63, 3.8) is 0 Å². The molecule has 3 nitrogen and oxygen atoms in total. The second kappa shape index (κ2) is 7.58. The predicted molar refractivity (Wildman–Crippen MR) is 96.0 cm³/mol. The Balaban J connectivity index is 1.94. The van der Waals surface area contributed by atoms with Gasteiger partial charge in [0, 0.05) is 17.8 Å². The van der Waals surface area contributed by atoms with E-state index in [9.17, 15) is 4.79 Å². The van der Waals surface area contributed by atoms with E-state index in [1.54, 1.807) is 30.3 Å². The lowest BCUT2D eigenvalue weighted by Crippen LogP contribution is -2.27. The third-order valence-corrected chi connectivity index (χ3v) is 3.95. The van der Waals surface area contributed by atoms with Crippen molar-refractivity contribution in [2.75, 3.05) is 5.32 Å². The standard InChI is InChI=1S/C16H14Cl2N2OS/c1-10(21)12-3-2-4-13(8-12)20-16(22)19-9-11-5-6-14(17)15(18)7-11/h2-8H,9H2,1H3,(H2,19,20,22). The number of carbonyl (C=O) groups excluding carboxylic acids is 1. The molecule has 0 unspecified atom stereocenters. The maximum atomic E-state index is 11.4. The fraction of sp³-hybridized carbons (Fsp3) is 0.125. The highest BCUT2D eigenvalue weighted by Crippen LogP contribution is 2.22. The van der Waals surface area contributed by atoms with Crippen LogP contribution in [0.1, 0.15) is 22.8 Å². The second-order valence-electron chi connectivity index (χ2n) is 4.69. The van der Waals surface area contributed by atoms with Crippen molar-refractivity contribution in [1.29, 1.82) is 0 Å². The summed E-state index contributed by atoms with van der Waals surface area (Å²) in [5.74, 6) is 0.0123. The van der Waals surface area contributed by atoms with Gasteiger partial charge < -0.3 is 10.6 Å². The third-order valence-electron chi connectivity index (χ3n) is 2.96. The molecule has 0 aliphatic rings. The summed E-state index contributed by atoms with van der Waals surface area (Å²) in [5, 5.41) is 7.61. The zero-order valence-corrected chi connectivity index (χ0v) is 14.1. The van der Waals surface area contributed by atoms with E-state index < -0.39 is 0 Å². The monoisotopic (exact) mass is 352 g/mol. The van der Waals surface area contributed by atoms with Gasteiger partial charge in [0.15, 0.2) is 10.9 Å². The molecule has 0 saturated carbocycles. The lowest BCUT2D eigenvalue weighted by Gasteiger charge is -2.11. The van der Waals surface area contributed by atoms with Gasteiger partial charge in [0.1, 0.15) is 0 Å². The molecule has 2 aromatic carbocycles.